The summed E-state index contributed by atoms with van der Waals surface area (Å²) in [5.41, 5.74) is 8.49. The molecule has 0 atom stereocenters. The quantitative estimate of drug-likeness (QED) is 0.202. The Morgan fingerprint density at radius 1 is 1.45 bits per heavy atom. The van der Waals surface area contributed by atoms with Crippen LogP contribution in [0.1, 0.15) is 0 Å². The molecule has 0 amide bonds. The normalized spacial score (nSPS) is 10.2. The summed E-state index contributed by atoms with van der Waals surface area (Å²) in [6.45, 7) is 5.71. The first-order chi connectivity index (χ1) is 4.93. The summed E-state index contributed by atoms with van der Waals surface area (Å²) in [6.07, 6.45) is 0. The van der Waals surface area contributed by atoms with E-state index >= 15 is 0 Å². The highest BCUT2D eigenvalue weighted by atomic mass is 28.3. The zero-order valence-electron chi connectivity index (χ0n) is 7.21. The number of ether oxygens (including phenoxy) is 1. The van der Waals surface area contributed by atoms with Gasteiger partial charge >= 0.3 is 11.3 Å². The third-order valence-corrected chi connectivity index (χ3v) is 2.91. The van der Waals surface area contributed by atoms with Crippen molar-refractivity contribution in [2.75, 3.05) is 7.11 Å². The summed E-state index contributed by atoms with van der Waals surface area (Å²) in [5, 5.41) is 0.167. The number of carbonyl (C=O) groups excluding carboxylic acids is 1. The molecular formula is C6H12N2O2Si. The van der Waals surface area contributed by atoms with Gasteiger partial charge in [-0.1, -0.05) is 19.6 Å². The molecule has 0 fully saturated rings. The molecule has 0 aromatic rings. The van der Waals surface area contributed by atoms with E-state index in [0.717, 1.165) is 0 Å². The molecule has 62 valence electrons. The minimum Gasteiger partial charge on any atom is -0.461 e. The predicted molar refractivity (Wildman–Crippen MR) is 44.0 cm³/mol. The van der Waals surface area contributed by atoms with Crippen LogP contribution in [-0.2, 0) is 9.53 Å². The van der Waals surface area contributed by atoms with Gasteiger partial charge in [0.05, 0.1) is 7.11 Å². The molecule has 0 saturated heterocycles. The van der Waals surface area contributed by atoms with Gasteiger partial charge in [-0.15, -0.1) is 0 Å². The second-order valence-electron chi connectivity index (χ2n) is 3.19. The monoisotopic (exact) mass is 172 g/mol. The molecule has 0 spiro atoms. The van der Waals surface area contributed by atoms with Crippen LogP contribution in [0.3, 0.4) is 0 Å². The Bertz CT molecular complexity index is 213. The van der Waals surface area contributed by atoms with Crippen molar-refractivity contribution in [3.8, 4) is 0 Å². The fourth-order valence-corrected chi connectivity index (χ4v) is 1.61. The summed E-state index contributed by atoms with van der Waals surface area (Å²) >= 11 is 0. The Labute approximate surface area is 66.8 Å². The largest absolute Gasteiger partial charge is 0.461 e. The van der Waals surface area contributed by atoms with E-state index in [-0.39, 0.29) is 5.33 Å². The first-order valence-corrected chi connectivity index (χ1v) is 6.74. The fraction of sp³-hybridized carbons (Fsp3) is 0.667. The molecule has 0 N–H and O–H groups in total. The van der Waals surface area contributed by atoms with Crippen LogP contribution >= 0.6 is 0 Å². The summed E-state index contributed by atoms with van der Waals surface area (Å²) in [6, 6.07) is 0. The number of esters is 1. The molecule has 0 aromatic heterocycles. The highest BCUT2D eigenvalue weighted by Crippen LogP contribution is 2.02. The molecule has 0 unspecified atom stereocenters. The van der Waals surface area contributed by atoms with E-state index in [1.54, 1.807) is 0 Å². The molecule has 0 aromatic carbocycles. The number of rotatable bonds is 2. The lowest BCUT2D eigenvalue weighted by Gasteiger charge is -2.06. The third-order valence-electron chi connectivity index (χ3n) is 1.19. The molecule has 0 radical (unpaired) electrons. The van der Waals surface area contributed by atoms with Crippen LogP contribution in [0.25, 0.3) is 5.53 Å². The average Bonchev–Trinajstić information content (AvgIpc) is 1.86. The number of carbonyl (C=O) groups is 1. The van der Waals surface area contributed by atoms with Gasteiger partial charge in [0.25, 0.3) is 0 Å². The van der Waals surface area contributed by atoms with Crippen molar-refractivity contribution in [1.29, 1.82) is 0 Å². The number of hydrogen-bond donors (Lipinski definition) is 0. The topological polar surface area (TPSA) is 62.7 Å². The van der Waals surface area contributed by atoms with Crippen molar-refractivity contribution in [3.05, 3.63) is 5.53 Å². The van der Waals surface area contributed by atoms with E-state index in [1.165, 1.54) is 7.11 Å². The molecular weight excluding hydrogens is 160 g/mol. The van der Waals surface area contributed by atoms with Gasteiger partial charge in [0.15, 0.2) is 8.07 Å². The van der Waals surface area contributed by atoms with E-state index < -0.39 is 14.0 Å². The molecule has 0 saturated carbocycles. The highest BCUT2D eigenvalue weighted by Gasteiger charge is 2.37. The molecule has 0 aliphatic heterocycles. The van der Waals surface area contributed by atoms with Crippen LogP contribution in [0.15, 0.2) is 0 Å². The van der Waals surface area contributed by atoms with Gasteiger partial charge in [-0.3, -0.25) is 0 Å². The Morgan fingerprint density at radius 2 is 1.91 bits per heavy atom. The minimum atomic E-state index is -1.85. The molecule has 0 heterocycles. The maximum Gasteiger partial charge on any atom is 0.409 e. The lowest BCUT2D eigenvalue weighted by atomic mass is 10.7. The SMILES string of the molecule is COC(=O)C(=[N+]=[N-])[Si](C)(C)C. The van der Waals surface area contributed by atoms with Gasteiger partial charge in [-0.2, -0.15) is 4.79 Å². The van der Waals surface area contributed by atoms with Crippen LogP contribution in [-0.4, -0.2) is 31.3 Å². The standard InChI is InChI=1S/C6H12N2O2Si/c1-10-6(9)5(8-7)11(2,3)4/h1-4H3. The highest BCUT2D eigenvalue weighted by molar-refractivity contribution is 7.11. The van der Waals surface area contributed by atoms with Crippen molar-refractivity contribution in [2.24, 2.45) is 0 Å². The third kappa shape index (κ3) is 2.65. The van der Waals surface area contributed by atoms with Crippen molar-refractivity contribution in [3.63, 3.8) is 0 Å². The van der Waals surface area contributed by atoms with Gasteiger partial charge in [0.2, 0.25) is 0 Å². The van der Waals surface area contributed by atoms with Crippen molar-refractivity contribution < 1.29 is 14.3 Å². The molecule has 0 bridgehead atoms. The van der Waals surface area contributed by atoms with Crippen molar-refractivity contribution >= 4 is 19.4 Å². The molecule has 5 heteroatoms. The van der Waals surface area contributed by atoms with Gasteiger partial charge in [-0.05, 0) is 0 Å². The summed E-state index contributed by atoms with van der Waals surface area (Å²) in [5.74, 6) is -0.535. The summed E-state index contributed by atoms with van der Waals surface area (Å²) < 4.78 is 4.43. The minimum absolute atomic E-state index is 0.167. The zero-order valence-corrected chi connectivity index (χ0v) is 8.21. The Kier molecular flexibility index (Phi) is 3.16. The molecule has 11 heavy (non-hydrogen) atoms. The van der Waals surface area contributed by atoms with E-state index in [0.29, 0.717) is 0 Å². The van der Waals surface area contributed by atoms with Crippen LogP contribution in [0.2, 0.25) is 19.6 Å². The molecule has 4 nitrogen and oxygen atoms in total. The maximum absolute atomic E-state index is 10.9. The Hall–Kier alpha value is -0.933. The Balaban J connectivity index is 4.73. The first-order valence-electron chi connectivity index (χ1n) is 3.24. The van der Waals surface area contributed by atoms with Crippen LogP contribution in [0, 0.1) is 0 Å². The summed E-state index contributed by atoms with van der Waals surface area (Å²) in [4.78, 5) is 13.8. The van der Waals surface area contributed by atoms with E-state index in [2.05, 4.69) is 9.53 Å². The van der Waals surface area contributed by atoms with Gasteiger partial charge in [0, 0.05) is 0 Å². The lowest BCUT2D eigenvalue weighted by molar-refractivity contribution is -0.136. The van der Waals surface area contributed by atoms with Gasteiger partial charge < -0.3 is 10.3 Å². The molecule has 0 aliphatic rings. The van der Waals surface area contributed by atoms with Gasteiger partial charge in [-0.25, -0.2) is 4.79 Å². The smallest absolute Gasteiger partial charge is 0.409 e. The Morgan fingerprint density at radius 3 is 2.00 bits per heavy atom. The van der Waals surface area contributed by atoms with Gasteiger partial charge in [0.1, 0.15) is 0 Å². The van der Waals surface area contributed by atoms with Crippen LogP contribution in [0.5, 0.6) is 0 Å². The second-order valence-corrected chi connectivity index (χ2v) is 8.16. The first kappa shape index (κ1) is 10.1. The predicted octanol–water partition coefficient (Wildman–Crippen LogP) is 0.708. The number of nitrogens with zero attached hydrogens (tertiary/aromatic N) is 2. The van der Waals surface area contributed by atoms with Crippen molar-refractivity contribution in [1.82, 2.24) is 0 Å². The summed E-state index contributed by atoms with van der Waals surface area (Å²) in [7, 11) is -0.574. The molecule has 0 aliphatic carbocycles. The van der Waals surface area contributed by atoms with Crippen molar-refractivity contribution in [2.45, 2.75) is 19.6 Å². The maximum atomic E-state index is 10.9. The van der Waals surface area contributed by atoms with E-state index in [9.17, 15) is 4.79 Å². The van der Waals surface area contributed by atoms with E-state index in [4.69, 9.17) is 5.53 Å². The van der Waals surface area contributed by atoms with E-state index in [1.807, 2.05) is 19.6 Å². The fourth-order valence-electron chi connectivity index (χ4n) is 0.594. The lowest BCUT2D eigenvalue weighted by Crippen LogP contribution is -2.40. The van der Waals surface area contributed by atoms with Crippen LogP contribution in [0.4, 0.5) is 0 Å². The number of methoxy groups -OCH3 is 1. The second kappa shape index (κ2) is 3.46. The zero-order chi connectivity index (χ0) is 9.07. The average molecular weight is 172 g/mol. The van der Waals surface area contributed by atoms with Crippen LogP contribution < -0.4 is 0 Å². The number of hydrogen-bond acceptors (Lipinski definition) is 2. The molecule has 0 rings (SSSR count).